The van der Waals surface area contributed by atoms with E-state index in [9.17, 15) is 4.79 Å². The predicted molar refractivity (Wildman–Crippen MR) is 85.4 cm³/mol. The molecule has 0 aromatic heterocycles. The van der Waals surface area contributed by atoms with Gasteiger partial charge in [-0.2, -0.15) is 0 Å². The Morgan fingerprint density at radius 3 is 2.70 bits per heavy atom. The van der Waals surface area contributed by atoms with Crippen molar-refractivity contribution in [2.24, 2.45) is 0 Å². The molecule has 1 fully saturated rings. The summed E-state index contributed by atoms with van der Waals surface area (Å²) in [6.07, 6.45) is 2.07. The van der Waals surface area contributed by atoms with Gasteiger partial charge in [0, 0.05) is 18.0 Å². The molecule has 0 bridgehead atoms. The molecule has 0 spiro atoms. The monoisotopic (exact) mass is 312 g/mol. The van der Waals surface area contributed by atoms with Gasteiger partial charge in [-0.05, 0) is 45.0 Å². The lowest BCUT2D eigenvalue weighted by molar-refractivity contribution is -0.131. The summed E-state index contributed by atoms with van der Waals surface area (Å²) in [5.74, 6) is 0.182. The summed E-state index contributed by atoms with van der Waals surface area (Å²) in [6, 6.07) is 8.03. The molecule has 1 aliphatic heterocycles. The number of amides is 1. The van der Waals surface area contributed by atoms with E-state index >= 15 is 0 Å². The van der Waals surface area contributed by atoms with Crippen LogP contribution in [0.1, 0.15) is 19.8 Å². The first kappa shape index (κ1) is 15.7. The van der Waals surface area contributed by atoms with Crippen LogP contribution in [0.2, 0.25) is 5.02 Å². The lowest BCUT2D eigenvalue weighted by Crippen LogP contribution is -2.46. The third kappa shape index (κ3) is 3.90. The minimum absolute atomic E-state index is 0.116. The van der Waals surface area contributed by atoms with Gasteiger partial charge in [-0.25, -0.2) is 0 Å². The molecule has 0 saturated carbocycles. The number of carbonyl (C=O) groups excluding carboxylic acids is 1. The fraction of sp³-hybridized carbons (Fsp3) is 0.533. The van der Waals surface area contributed by atoms with Crippen LogP contribution in [0.3, 0.4) is 0 Å². The van der Waals surface area contributed by atoms with E-state index in [-0.39, 0.29) is 11.2 Å². The molecule has 3 nitrogen and oxygen atoms in total. The van der Waals surface area contributed by atoms with Crippen LogP contribution in [0.5, 0.6) is 0 Å². The highest BCUT2D eigenvalue weighted by molar-refractivity contribution is 8.00. The number of rotatable bonds is 4. The maximum atomic E-state index is 12.5. The van der Waals surface area contributed by atoms with E-state index in [2.05, 4.69) is 5.32 Å². The maximum absolute atomic E-state index is 12.5. The van der Waals surface area contributed by atoms with Gasteiger partial charge in [0.2, 0.25) is 5.91 Å². The summed E-state index contributed by atoms with van der Waals surface area (Å²) in [4.78, 5) is 15.4. The summed E-state index contributed by atoms with van der Waals surface area (Å²) in [5, 5.41) is 3.92. The Balaban J connectivity index is 1.96. The number of nitrogens with one attached hydrogen (secondary N) is 1. The van der Waals surface area contributed by atoms with Crippen molar-refractivity contribution in [2.45, 2.75) is 36.0 Å². The van der Waals surface area contributed by atoms with Crippen molar-refractivity contribution < 1.29 is 4.79 Å². The Morgan fingerprint density at radius 2 is 2.05 bits per heavy atom. The van der Waals surface area contributed by atoms with Crippen LogP contribution in [0.15, 0.2) is 29.2 Å². The van der Waals surface area contributed by atoms with Crippen molar-refractivity contribution in [1.82, 2.24) is 10.2 Å². The quantitative estimate of drug-likeness (QED) is 0.867. The van der Waals surface area contributed by atoms with Crippen LogP contribution >= 0.6 is 23.4 Å². The van der Waals surface area contributed by atoms with Crippen LogP contribution in [-0.4, -0.2) is 42.2 Å². The molecular weight excluding hydrogens is 292 g/mol. The molecule has 1 N–H and O–H groups in total. The molecule has 1 aromatic carbocycles. The second-order valence-corrected chi connectivity index (χ2v) is 6.91. The Bertz CT molecular complexity index is 463. The van der Waals surface area contributed by atoms with Crippen molar-refractivity contribution in [1.29, 1.82) is 0 Å². The Morgan fingerprint density at radius 1 is 1.40 bits per heavy atom. The van der Waals surface area contributed by atoms with Crippen molar-refractivity contribution in [2.75, 3.05) is 20.1 Å². The molecule has 1 amide bonds. The molecule has 0 radical (unpaired) electrons. The number of halogens is 1. The summed E-state index contributed by atoms with van der Waals surface area (Å²) in [6.45, 7) is 3.94. The van der Waals surface area contributed by atoms with Crippen LogP contribution in [-0.2, 0) is 4.79 Å². The highest BCUT2D eigenvalue weighted by Gasteiger charge is 2.26. The minimum atomic E-state index is -0.116. The number of carbonyl (C=O) groups is 1. The molecule has 20 heavy (non-hydrogen) atoms. The Labute approximate surface area is 130 Å². The third-order valence-electron chi connectivity index (χ3n) is 3.69. The topological polar surface area (TPSA) is 32.3 Å². The van der Waals surface area contributed by atoms with Gasteiger partial charge < -0.3 is 10.2 Å². The molecule has 1 aliphatic rings. The van der Waals surface area contributed by atoms with Crippen LogP contribution in [0.25, 0.3) is 0 Å². The number of piperidine rings is 1. The van der Waals surface area contributed by atoms with E-state index < -0.39 is 0 Å². The molecule has 2 rings (SSSR count). The van der Waals surface area contributed by atoms with E-state index in [1.165, 1.54) is 11.8 Å². The zero-order valence-electron chi connectivity index (χ0n) is 11.9. The normalized spacial score (nSPS) is 17.8. The molecule has 1 atom stereocenters. The van der Waals surface area contributed by atoms with Crippen molar-refractivity contribution in [3.63, 3.8) is 0 Å². The summed E-state index contributed by atoms with van der Waals surface area (Å²) in [5.41, 5.74) is 0. The van der Waals surface area contributed by atoms with Gasteiger partial charge >= 0.3 is 0 Å². The second-order valence-electron chi connectivity index (χ2n) is 5.12. The van der Waals surface area contributed by atoms with Gasteiger partial charge in [0.25, 0.3) is 0 Å². The average Bonchev–Trinajstić information content (AvgIpc) is 2.49. The summed E-state index contributed by atoms with van der Waals surface area (Å²) in [7, 11) is 1.92. The first-order valence-electron chi connectivity index (χ1n) is 6.98. The molecular formula is C15H21ClN2OS. The van der Waals surface area contributed by atoms with E-state index in [0.717, 1.165) is 30.8 Å². The lowest BCUT2D eigenvalue weighted by atomic mass is 10.1. The number of thioether (sulfide) groups is 1. The van der Waals surface area contributed by atoms with E-state index in [4.69, 9.17) is 11.6 Å². The second kappa shape index (κ2) is 7.34. The molecule has 5 heteroatoms. The largest absolute Gasteiger partial charge is 0.342 e. The highest BCUT2D eigenvalue weighted by Crippen LogP contribution is 2.31. The fourth-order valence-electron chi connectivity index (χ4n) is 2.44. The first-order chi connectivity index (χ1) is 9.59. The first-order valence-corrected chi connectivity index (χ1v) is 8.24. The van der Waals surface area contributed by atoms with Gasteiger partial charge in [-0.3, -0.25) is 4.79 Å². The van der Waals surface area contributed by atoms with Crippen molar-refractivity contribution in [3.05, 3.63) is 29.3 Å². The van der Waals surface area contributed by atoms with E-state index in [0.29, 0.717) is 11.1 Å². The molecule has 0 aliphatic carbocycles. The number of nitrogens with zero attached hydrogens (tertiary/aromatic N) is 1. The van der Waals surface area contributed by atoms with Gasteiger partial charge in [0.15, 0.2) is 0 Å². The van der Waals surface area contributed by atoms with Crippen molar-refractivity contribution in [3.8, 4) is 0 Å². The van der Waals surface area contributed by atoms with Crippen LogP contribution < -0.4 is 5.32 Å². The number of hydrogen-bond donors (Lipinski definition) is 1. The molecule has 1 unspecified atom stereocenters. The zero-order valence-corrected chi connectivity index (χ0v) is 13.5. The third-order valence-corrected chi connectivity index (χ3v) is 5.30. The lowest BCUT2D eigenvalue weighted by Gasteiger charge is -2.33. The van der Waals surface area contributed by atoms with Gasteiger partial charge in [-0.15, -0.1) is 11.8 Å². The van der Waals surface area contributed by atoms with Gasteiger partial charge in [0.1, 0.15) is 0 Å². The van der Waals surface area contributed by atoms with Crippen LogP contribution in [0, 0.1) is 0 Å². The zero-order chi connectivity index (χ0) is 14.5. The van der Waals surface area contributed by atoms with Gasteiger partial charge in [0.05, 0.1) is 10.3 Å². The molecule has 1 heterocycles. The standard InChI is InChI=1S/C15H21ClN2OS/c1-11(20-14-6-4-3-5-13(14)16)15(19)18(2)12-7-9-17-10-8-12/h3-6,11-12,17H,7-10H2,1-2H3. The Hall–Kier alpha value is -0.710. The van der Waals surface area contributed by atoms with E-state index in [1.807, 2.05) is 43.1 Å². The molecule has 1 aromatic rings. The van der Waals surface area contributed by atoms with Gasteiger partial charge in [-0.1, -0.05) is 23.7 Å². The smallest absolute Gasteiger partial charge is 0.235 e. The number of hydrogen-bond acceptors (Lipinski definition) is 3. The maximum Gasteiger partial charge on any atom is 0.235 e. The van der Waals surface area contributed by atoms with Crippen molar-refractivity contribution >= 4 is 29.3 Å². The Kier molecular flexibility index (Phi) is 5.75. The van der Waals surface area contributed by atoms with E-state index in [1.54, 1.807) is 0 Å². The van der Waals surface area contributed by atoms with Crippen LogP contribution in [0.4, 0.5) is 0 Å². The average molecular weight is 313 g/mol. The SMILES string of the molecule is CC(Sc1ccccc1Cl)C(=O)N(C)C1CCNCC1. The highest BCUT2D eigenvalue weighted by atomic mass is 35.5. The summed E-state index contributed by atoms with van der Waals surface area (Å²) < 4.78 is 0. The molecule has 110 valence electrons. The summed E-state index contributed by atoms with van der Waals surface area (Å²) >= 11 is 7.68. The molecule has 1 saturated heterocycles. The fourth-order valence-corrected chi connectivity index (χ4v) is 3.70. The number of benzene rings is 1. The predicted octanol–water partition coefficient (Wildman–Crippen LogP) is 3.03. The minimum Gasteiger partial charge on any atom is -0.342 e.